The summed E-state index contributed by atoms with van der Waals surface area (Å²) in [5.41, 5.74) is 2.64. The van der Waals surface area contributed by atoms with Crippen LogP contribution in [0.4, 0.5) is 0 Å². The Morgan fingerprint density at radius 2 is 1.77 bits per heavy atom. The summed E-state index contributed by atoms with van der Waals surface area (Å²) in [6.45, 7) is 11.8. The molecule has 0 spiro atoms. The summed E-state index contributed by atoms with van der Waals surface area (Å²) in [4.78, 5) is 0. The fourth-order valence-electron chi connectivity index (χ4n) is 2.42. The van der Waals surface area contributed by atoms with Gasteiger partial charge in [0.15, 0.2) is 6.29 Å². The molecule has 1 fully saturated rings. The zero-order valence-electron chi connectivity index (χ0n) is 13.9. The van der Waals surface area contributed by atoms with Gasteiger partial charge < -0.3 is 14.6 Å². The average molecular weight is 641 g/mol. The fraction of sp³-hybridized carbons (Fsp3) is 0.588. The smallest absolute Gasteiger partial charge is 0.172 e. The Balaban J connectivity index is 0.00000242. The zero-order valence-corrected chi connectivity index (χ0v) is 20.2. The first-order valence-corrected chi connectivity index (χ1v) is 8.38. The maximum atomic E-state index is 10.6. The van der Waals surface area contributed by atoms with Crippen LogP contribution >= 0.6 is 22.6 Å². The van der Waals surface area contributed by atoms with Crippen LogP contribution in [-0.2, 0) is 14.9 Å². The van der Waals surface area contributed by atoms with Crippen LogP contribution < -0.4 is 0 Å². The van der Waals surface area contributed by atoms with Crippen LogP contribution in [-0.4, -0.2) is 18.3 Å². The summed E-state index contributed by atoms with van der Waals surface area (Å²) >= 11 is 2.24. The second-order valence-electron chi connectivity index (χ2n) is 6.85. The maximum Gasteiger partial charge on any atom is 0.172 e. The molecule has 1 aliphatic heterocycles. The monoisotopic (exact) mass is 641 g/mol. The van der Waals surface area contributed by atoms with Gasteiger partial charge in [-0.15, -0.1) is 32.1 Å². The van der Waals surface area contributed by atoms with Crippen LogP contribution in [0.3, 0.4) is 0 Å². The molecule has 22 heavy (non-hydrogen) atoms. The van der Waals surface area contributed by atoms with Gasteiger partial charge in [0.1, 0.15) is 0 Å². The molecule has 0 atom stereocenters. The predicted octanol–water partition coefficient (Wildman–Crippen LogP) is 4.71. The summed E-state index contributed by atoms with van der Waals surface area (Å²) < 4.78 is 12.7. The van der Waals surface area contributed by atoms with Crippen LogP contribution in [0.15, 0.2) is 12.1 Å². The predicted molar refractivity (Wildman–Crippen MR) is 92.7 cm³/mol. The van der Waals surface area contributed by atoms with E-state index in [-0.39, 0.29) is 42.8 Å². The van der Waals surface area contributed by atoms with Gasteiger partial charge in [-0.3, -0.25) is 0 Å². The Morgan fingerprint density at radius 3 is 2.23 bits per heavy atom. The van der Waals surface area contributed by atoms with E-state index in [2.05, 4.69) is 50.3 Å². The van der Waals surface area contributed by atoms with Crippen molar-refractivity contribution >= 4 is 22.6 Å². The van der Waals surface area contributed by atoms with Gasteiger partial charge in [0.05, 0.1) is 13.2 Å². The normalized spacial score (nSPS) is 22.1. The molecule has 1 aromatic carbocycles. The van der Waals surface area contributed by atoms with E-state index in [4.69, 9.17) is 9.47 Å². The van der Waals surface area contributed by atoms with Gasteiger partial charge in [-0.1, -0.05) is 46.2 Å². The number of ether oxygens (including phenoxy) is 2. The van der Waals surface area contributed by atoms with Crippen LogP contribution in [0.2, 0.25) is 0 Å². The fourth-order valence-corrected chi connectivity index (χ4v) is 2.83. The molecule has 0 amide bonds. The van der Waals surface area contributed by atoms with E-state index in [1.165, 1.54) is 0 Å². The minimum atomic E-state index is -0.336. The summed E-state index contributed by atoms with van der Waals surface area (Å²) in [7, 11) is 0. The van der Waals surface area contributed by atoms with Gasteiger partial charge in [-0.25, -0.2) is 0 Å². The Labute approximate surface area is 171 Å². The molecule has 3 nitrogen and oxygen atoms in total. The van der Waals surface area contributed by atoms with E-state index in [0.717, 1.165) is 20.6 Å². The van der Waals surface area contributed by atoms with Crippen molar-refractivity contribution in [3.8, 4) is 5.75 Å². The molecule has 5 heteroatoms. The second kappa shape index (κ2) is 8.11. The van der Waals surface area contributed by atoms with Crippen LogP contribution in [0.1, 0.15) is 57.6 Å². The molecule has 0 unspecified atom stereocenters. The minimum absolute atomic E-state index is 0. The first-order chi connectivity index (χ1) is 9.70. The molecule has 0 radical (unpaired) electrons. The second-order valence-corrected chi connectivity index (χ2v) is 8.47. The van der Waals surface area contributed by atoms with E-state index in [1.54, 1.807) is 0 Å². The molecule has 0 aliphatic carbocycles. The number of hydrogen-bond acceptors (Lipinski definition) is 3. The van der Waals surface area contributed by atoms with Crippen molar-refractivity contribution in [2.45, 2.75) is 46.3 Å². The summed E-state index contributed by atoms with van der Waals surface area (Å²) in [5.74, 6) is 0.792. The number of rotatable bonds is 2. The Bertz CT molecular complexity index is 503. The third-order valence-corrected chi connectivity index (χ3v) is 4.23. The van der Waals surface area contributed by atoms with Gasteiger partial charge in [0.2, 0.25) is 0 Å². The topological polar surface area (TPSA) is 38.7 Å². The van der Waals surface area contributed by atoms with Crippen molar-refractivity contribution in [2.75, 3.05) is 13.2 Å². The van der Waals surface area contributed by atoms with E-state index >= 15 is 0 Å². The van der Waals surface area contributed by atoms with Gasteiger partial charge in [-0.05, 0) is 11.0 Å². The van der Waals surface area contributed by atoms with Crippen molar-refractivity contribution in [3.63, 3.8) is 0 Å². The van der Waals surface area contributed by atoms with E-state index in [9.17, 15) is 5.11 Å². The molecule has 2 rings (SSSR count). The van der Waals surface area contributed by atoms with Crippen molar-refractivity contribution in [2.24, 2.45) is 5.92 Å². The molecule has 1 aliphatic rings. The largest absolute Gasteiger partial charge is 0.565 e. The Hall–Kier alpha value is 0.592. The molecule has 1 saturated heterocycles. The number of hydrogen-bond donors (Lipinski definition) is 1. The summed E-state index contributed by atoms with van der Waals surface area (Å²) in [6.07, 6.45) is -0.336. The first-order valence-electron chi connectivity index (χ1n) is 7.30. The molecule has 122 valence electrons. The van der Waals surface area contributed by atoms with E-state index < -0.39 is 0 Å². The van der Waals surface area contributed by atoms with Gasteiger partial charge in [0.25, 0.3) is 0 Å². The van der Waals surface area contributed by atoms with Crippen LogP contribution in [0, 0.1) is 41.0 Å². The number of benzene rings is 1. The molecule has 0 bridgehead atoms. The minimum Gasteiger partial charge on any atom is -0.565 e. The average Bonchev–Trinajstić information content (AvgIpc) is 2.38. The molecular weight excluding hydrogens is 617 g/mol. The number of phenols is 1. The van der Waals surface area contributed by atoms with Crippen molar-refractivity contribution in [3.05, 3.63) is 32.7 Å². The van der Waals surface area contributed by atoms with Gasteiger partial charge in [-0.2, -0.15) is 6.07 Å². The Morgan fingerprint density at radius 1 is 1.23 bits per heavy atom. The molecule has 0 aromatic heterocycles. The molecule has 1 heterocycles. The molecule has 0 saturated carbocycles. The molecule has 1 N–H and O–H groups in total. The SMILES string of the molecule is C[C-](I)c1cc(C2OCC(C)CO2)cc(C(C)(C)C)c1O.[U]. The number of aromatic hydroxyl groups is 1. The van der Waals surface area contributed by atoms with Gasteiger partial charge in [0, 0.05) is 42.8 Å². The van der Waals surface area contributed by atoms with E-state index in [1.807, 2.05) is 19.1 Å². The first kappa shape index (κ1) is 20.6. The van der Waals surface area contributed by atoms with Gasteiger partial charge >= 0.3 is 0 Å². The van der Waals surface area contributed by atoms with Crippen LogP contribution in [0.25, 0.3) is 0 Å². The standard InChI is InChI=1S/C17H24IO3.U/c1-10-8-20-16(21-9-10)12-6-13(11(2)18)15(19)14(7-12)17(3,4)5;/h6-7,10,16,19H,8-9H2,1-5H3;/q-1;. The zero-order chi connectivity index (χ0) is 15.8. The molecule has 1 aromatic rings. The number of phenolic OH excluding ortho intramolecular Hbond substituents is 1. The summed E-state index contributed by atoms with van der Waals surface area (Å²) in [6, 6.07) is 3.99. The van der Waals surface area contributed by atoms with Crippen molar-refractivity contribution in [1.82, 2.24) is 0 Å². The number of halogens is 1. The van der Waals surface area contributed by atoms with Crippen molar-refractivity contribution in [1.29, 1.82) is 0 Å². The van der Waals surface area contributed by atoms with E-state index in [0.29, 0.717) is 24.9 Å². The third kappa shape index (κ3) is 4.80. The third-order valence-electron chi connectivity index (χ3n) is 3.65. The molecular formula is C17H24IO3U-. The maximum absolute atomic E-state index is 10.6. The quantitative estimate of drug-likeness (QED) is 0.376. The summed E-state index contributed by atoms with van der Waals surface area (Å²) in [5, 5.41) is 10.6. The Kier molecular flexibility index (Phi) is 7.61. The van der Waals surface area contributed by atoms with Crippen molar-refractivity contribution < 1.29 is 45.7 Å². The van der Waals surface area contributed by atoms with Crippen LogP contribution in [0.5, 0.6) is 5.75 Å².